The lowest BCUT2D eigenvalue weighted by Gasteiger charge is -2.07. The Hall–Kier alpha value is 0.810. The van der Waals surface area contributed by atoms with Crippen LogP contribution >= 0.6 is 67.8 Å². The number of carbonyl (C=O) groups is 1. The Morgan fingerprint density at radius 1 is 1.29 bits per heavy atom. The topological polar surface area (TPSA) is 26.3 Å². The zero-order chi connectivity index (χ0) is 10.7. The van der Waals surface area contributed by atoms with Gasteiger partial charge in [0.05, 0.1) is 7.14 Å². The van der Waals surface area contributed by atoms with Crippen molar-refractivity contribution >= 4 is 73.7 Å². The van der Waals surface area contributed by atoms with Crippen LogP contribution in [0.5, 0.6) is 5.75 Å². The Balaban J connectivity index is 3.02. The van der Waals surface area contributed by atoms with Crippen LogP contribution < -0.4 is 4.74 Å². The maximum atomic E-state index is 11.9. The molecule has 0 aliphatic carbocycles. The molecule has 1 aromatic carbocycles. The molecule has 1 rings (SSSR count). The van der Waals surface area contributed by atoms with Crippen LogP contribution in [0.15, 0.2) is 12.1 Å². The Labute approximate surface area is 121 Å². The summed E-state index contributed by atoms with van der Waals surface area (Å²) in [7, 11) is 0. The molecule has 14 heavy (non-hydrogen) atoms. The second-order valence-electron chi connectivity index (χ2n) is 2.31. The van der Waals surface area contributed by atoms with Crippen LogP contribution in [-0.4, -0.2) is 12.6 Å². The van der Waals surface area contributed by atoms with E-state index in [2.05, 4.69) is 67.8 Å². The number of benzene rings is 1. The monoisotopic (exact) mass is 532 g/mol. The Kier molecular flexibility index (Phi) is 5.31. The van der Waals surface area contributed by atoms with Gasteiger partial charge in [0.25, 0.3) is 0 Å². The molecule has 0 saturated heterocycles. The summed E-state index contributed by atoms with van der Waals surface area (Å²) >= 11 is 6.27. The molecule has 0 N–H and O–H groups in total. The molecular weight excluding hydrogens is 528 g/mol. The molecule has 0 heterocycles. The second kappa shape index (κ2) is 5.77. The number of carbonyl (C=O) groups excluding carboxylic acids is 1. The zero-order valence-corrected chi connectivity index (χ0v) is 13.2. The van der Waals surface area contributed by atoms with E-state index in [1.165, 1.54) is 0 Å². The average molecular weight is 532 g/mol. The summed E-state index contributed by atoms with van der Waals surface area (Å²) in [5.41, 5.74) is 0. The number of halogens is 4. The van der Waals surface area contributed by atoms with E-state index in [1.807, 2.05) is 12.1 Å². The fraction of sp³-hybridized carbons (Fsp3) is 0.125. The minimum Gasteiger partial charge on any atom is -0.422 e. The number of hydrogen-bond acceptors (Lipinski definition) is 2. The lowest BCUT2D eigenvalue weighted by atomic mass is 10.3. The largest absolute Gasteiger partial charge is 0.422 e. The molecule has 0 spiro atoms. The molecule has 0 aromatic heterocycles. The highest BCUT2D eigenvalue weighted by atomic mass is 127. The van der Waals surface area contributed by atoms with E-state index in [1.54, 1.807) is 0 Å². The maximum Gasteiger partial charge on any atom is 0.343 e. The van der Waals surface area contributed by atoms with Gasteiger partial charge < -0.3 is 4.74 Å². The lowest BCUT2D eigenvalue weighted by molar-refractivity contribution is -0.135. The number of ether oxygens (including phenoxy) is 1. The van der Waals surface area contributed by atoms with Crippen LogP contribution in [0.4, 0.5) is 4.39 Å². The molecular formula is C8H4FI3O2. The summed E-state index contributed by atoms with van der Waals surface area (Å²) in [5.74, 6) is -0.420. The highest BCUT2D eigenvalue weighted by Gasteiger charge is 2.12. The van der Waals surface area contributed by atoms with Gasteiger partial charge in [-0.3, -0.25) is 0 Å². The number of rotatable bonds is 2. The zero-order valence-electron chi connectivity index (χ0n) is 6.69. The average Bonchev–Trinajstić information content (AvgIpc) is 2.10. The van der Waals surface area contributed by atoms with Gasteiger partial charge in [-0.25, -0.2) is 9.18 Å². The van der Waals surface area contributed by atoms with Crippen molar-refractivity contribution < 1.29 is 13.9 Å². The van der Waals surface area contributed by atoms with Gasteiger partial charge >= 0.3 is 5.97 Å². The highest BCUT2D eigenvalue weighted by Crippen LogP contribution is 2.29. The van der Waals surface area contributed by atoms with Crippen molar-refractivity contribution in [1.82, 2.24) is 0 Å². The third-order valence-corrected chi connectivity index (χ3v) is 3.51. The van der Waals surface area contributed by atoms with E-state index in [0.717, 1.165) is 10.7 Å². The van der Waals surface area contributed by atoms with E-state index in [-0.39, 0.29) is 0 Å². The van der Waals surface area contributed by atoms with Gasteiger partial charge in [-0.15, -0.1) is 0 Å². The third-order valence-electron chi connectivity index (χ3n) is 1.29. The van der Waals surface area contributed by atoms with Crippen molar-refractivity contribution in [3.8, 4) is 5.75 Å². The second-order valence-corrected chi connectivity index (χ2v) is 5.88. The normalized spacial score (nSPS) is 10.0. The molecule has 0 fully saturated rings. The first-order valence-electron chi connectivity index (χ1n) is 3.45. The summed E-state index contributed by atoms with van der Waals surface area (Å²) in [6.45, 7) is -1.10. The van der Waals surface area contributed by atoms with E-state index >= 15 is 0 Å². The van der Waals surface area contributed by atoms with Gasteiger partial charge in [-0.1, -0.05) is 0 Å². The van der Waals surface area contributed by atoms with Gasteiger partial charge in [0.1, 0.15) is 0 Å². The molecule has 0 aliphatic rings. The van der Waals surface area contributed by atoms with Crippen molar-refractivity contribution in [2.45, 2.75) is 0 Å². The van der Waals surface area contributed by atoms with Gasteiger partial charge in [-0.05, 0) is 79.9 Å². The molecule has 1 aromatic rings. The molecule has 0 unspecified atom stereocenters. The molecule has 0 bridgehead atoms. The van der Waals surface area contributed by atoms with Crippen LogP contribution in [0.25, 0.3) is 0 Å². The molecule has 2 nitrogen and oxygen atoms in total. The van der Waals surface area contributed by atoms with Gasteiger partial charge in [0.15, 0.2) is 12.4 Å². The van der Waals surface area contributed by atoms with Crippen LogP contribution in [0, 0.1) is 10.7 Å². The minimum atomic E-state index is -1.10. The summed E-state index contributed by atoms with van der Waals surface area (Å²) < 4.78 is 19.4. The first-order valence-corrected chi connectivity index (χ1v) is 6.69. The van der Waals surface area contributed by atoms with Crippen LogP contribution in [-0.2, 0) is 4.79 Å². The SMILES string of the molecule is O=C(CF)Oc1c(I)cc(I)cc1I. The molecule has 0 aliphatic heterocycles. The molecule has 76 valence electrons. The Morgan fingerprint density at radius 3 is 2.21 bits per heavy atom. The Morgan fingerprint density at radius 2 is 1.79 bits per heavy atom. The summed E-state index contributed by atoms with van der Waals surface area (Å²) in [6, 6.07) is 3.73. The quantitative estimate of drug-likeness (QED) is 0.332. The summed E-state index contributed by atoms with van der Waals surface area (Å²) in [5, 5.41) is 0. The number of hydrogen-bond donors (Lipinski definition) is 0. The van der Waals surface area contributed by atoms with E-state index in [4.69, 9.17) is 4.74 Å². The van der Waals surface area contributed by atoms with E-state index in [0.29, 0.717) is 5.75 Å². The predicted molar refractivity (Wildman–Crippen MR) is 76.2 cm³/mol. The van der Waals surface area contributed by atoms with Crippen LogP contribution in [0.3, 0.4) is 0 Å². The summed E-state index contributed by atoms with van der Waals surface area (Å²) in [6.07, 6.45) is 0. The smallest absolute Gasteiger partial charge is 0.343 e. The number of esters is 1. The van der Waals surface area contributed by atoms with Gasteiger partial charge in [0.2, 0.25) is 0 Å². The lowest BCUT2D eigenvalue weighted by Crippen LogP contribution is -2.11. The first kappa shape index (κ1) is 12.9. The maximum absolute atomic E-state index is 11.9. The van der Waals surface area contributed by atoms with Crippen LogP contribution in [0.2, 0.25) is 0 Å². The fourth-order valence-electron chi connectivity index (χ4n) is 0.768. The highest BCUT2D eigenvalue weighted by molar-refractivity contribution is 14.1. The van der Waals surface area contributed by atoms with Crippen LogP contribution in [0.1, 0.15) is 0 Å². The third kappa shape index (κ3) is 3.43. The molecule has 0 radical (unpaired) electrons. The van der Waals surface area contributed by atoms with Gasteiger partial charge in [0, 0.05) is 3.57 Å². The fourth-order valence-corrected chi connectivity index (χ4v) is 4.57. The Bertz CT molecular complexity index is 345. The first-order chi connectivity index (χ1) is 6.54. The van der Waals surface area contributed by atoms with Crippen molar-refractivity contribution in [1.29, 1.82) is 0 Å². The van der Waals surface area contributed by atoms with Gasteiger partial charge in [-0.2, -0.15) is 0 Å². The summed E-state index contributed by atoms with van der Waals surface area (Å²) in [4.78, 5) is 10.8. The predicted octanol–water partition coefficient (Wildman–Crippen LogP) is 3.38. The number of alkyl halides is 1. The molecule has 6 heteroatoms. The molecule has 0 amide bonds. The van der Waals surface area contributed by atoms with E-state index in [9.17, 15) is 9.18 Å². The van der Waals surface area contributed by atoms with Crippen molar-refractivity contribution in [3.05, 3.63) is 22.8 Å². The minimum absolute atomic E-state index is 0.439. The molecule has 0 saturated carbocycles. The van der Waals surface area contributed by atoms with E-state index < -0.39 is 12.6 Å². The van der Waals surface area contributed by atoms with Crippen molar-refractivity contribution in [2.75, 3.05) is 6.67 Å². The molecule has 0 atom stereocenters. The standard InChI is InChI=1S/C8H4FI3O2/c9-3-7(13)14-8-5(11)1-4(10)2-6(8)12/h1-2H,3H2. The van der Waals surface area contributed by atoms with Crippen molar-refractivity contribution in [3.63, 3.8) is 0 Å². The van der Waals surface area contributed by atoms with Crippen molar-refractivity contribution in [2.24, 2.45) is 0 Å².